The van der Waals surface area contributed by atoms with E-state index in [-0.39, 0.29) is 48.7 Å². The molecule has 2 aliphatic heterocycles. The Hall–Kier alpha value is -3.76. The molecular formula is C33H32Cl2F3N3O3. The summed E-state index contributed by atoms with van der Waals surface area (Å²) in [4.78, 5) is 13.5. The second-order valence-electron chi connectivity index (χ2n) is 10.7. The van der Waals surface area contributed by atoms with Crippen LogP contribution >= 0.6 is 0 Å². The fourth-order valence-corrected chi connectivity index (χ4v) is 5.46. The number of hydrogen-bond donors (Lipinski definition) is 3. The molecule has 4 aromatic carbocycles. The first-order valence-corrected chi connectivity index (χ1v) is 14.2. The van der Waals surface area contributed by atoms with E-state index >= 15 is 0 Å². The van der Waals surface area contributed by atoms with Crippen molar-refractivity contribution >= 4 is 11.6 Å². The Morgan fingerprint density at radius 2 is 1.27 bits per heavy atom. The molecule has 0 bridgehead atoms. The molecule has 11 heteroatoms. The van der Waals surface area contributed by atoms with Crippen molar-refractivity contribution in [2.75, 3.05) is 31.5 Å². The zero-order valence-corrected chi connectivity index (χ0v) is 25.2. The number of carbonyl (C=O) groups excluding carboxylic acids is 1. The van der Waals surface area contributed by atoms with Crippen LogP contribution in [0.25, 0.3) is 22.3 Å². The van der Waals surface area contributed by atoms with Crippen molar-refractivity contribution in [3.05, 3.63) is 102 Å². The monoisotopic (exact) mass is 645 g/mol. The van der Waals surface area contributed by atoms with Crippen LogP contribution in [0.5, 0.6) is 11.5 Å². The predicted molar refractivity (Wildman–Crippen MR) is 153 cm³/mol. The SMILES string of the molecule is O=C(Nc1ccc(O[C@H]2CC[NH2+]C2)c(-c2ccc(F)cc2)c1)c1ccc(O[C@@H]2CC[NH2+]C2)c(-c2ccc(F)c(F)c2)c1.[Cl-].[Cl-]. The van der Waals surface area contributed by atoms with Crippen molar-refractivity contribution in [1.82, 2.24) is 0 Å². The quantitative estimate of drug-likeness (QED) is 0.210. The van der Waals surface area contributed by atoms with Gasteiger partial charge in [-0.05, 0) is 71.8 Å². The van der Waals surface area contributed by atoms with E-state index in [1.807, 2.05) is 12.1 Å². The second-order valence-corrected chi connectivity index (χ2v) is 10.7. The van der Waals surface area contributed by atoms with Crippen LogP contribution < -0.4 is 50.2 Å². The fraction of sp³-hybridized carbons (Fsp3) is 0.242. The standard InChI is InChI=1S/C33H30F3N3O3.2ClH/c34-23-5-1-20(2-6-23)28-17-24(7-10-32(28)42-26-12-14-38-19-26)39-33(40)22-4-9-31(41-25-11-13-37-18-25)27(15-22)21-3-8-29(35)30(36)16-21;;/h1-10,15-17,25-26,37-38H,11-14,18-19H2,(H,39,40);2*1H/t25-,26+;;/m1../s1. The van der Waals surface area contributed by atoms with Crippen molar-refractivity contribution in [3.63, 3.8) is 0 Å². The molecule has 232 valence electrons. The number of amides is 1. The highest BCUT2D eigenvalue weighted by atomic mass is 35.5. The van der Waals surface area contributed by atoms with E-state index in [4.69, 9.17) is 9.47 Å². The van der Waals surface area contributed by atoms with Crippen LogP contribution in [-0.2, 0) is 0 Å². The maximum atomic E-state index is 14.2. The molecule has 1 amide bonds. The molecular weight excluding hydrogens is 614 g/mol. The van der Waals surface area contributed by atoms with E-state index in [2.05, 4.69) is 16.0 Å². The van der Waals surface area contributed by atoms with Crippen molar-refractivity contribution in [2.45, 2.75) is 25.0 Å². The molecule has 2 saturated heterocycles. The molecule has 6 nitrogen and oxygen atoms in total. The lowest BCUT2D eigenvalue weighted by atomic mass is 10.0. The van der Waals surface area contributed by atoms with E-state index < -0.39 is 11.6 Å². The summed E-state index contributed by atoms with van der Waals surface area (Å²) in [5, 5.41) is 7.30. The summed E-state index contributed by atoms with van der Waals surface area (Å²) < 4.78 is 54.0. The minimum absolute atomic E-state index is 0. The Labute approximate surface area is 266 Å². The highest BCUT2D eigenvalue weighted by Crippen LogP contribution is 2.36. The molecule has 0 aliphatic carbocycles. The van der Waals surface area contributed by atoms with E-state index in [1.54, 1.807) is 36.4 Å². The highest BCUT2D eigenvalue weighted by molar-refractivity contribution is 6.05. The smallest absolute Gasteiger partial charge is 0.255 e. The van der Waals surface area contributed by atoms with Crippen molar-refractivity contribution < 1.29 is 62.9 Å². The van der Waals surface area contributed by atoms with Gasteiger partial charge in [0.05, 0.1) is 13.1 Å². The summed E-state index contributed by atoms with van der Waals surface area (Å²) in [5.74, 6) is -1.49. The average molecular weight is 647 g/mol. The summed E-state index contributed by atoms with van der Waals surface area (Å²) in [6.45, 7) is 3.61. The van der Waals surface area contributed by atoms with Gasteiger partial charge in [-0.2, -0.15) is 0 Å². The number of nitrogens with two attached hydrogens (primary N) is 2. The number of quaternary nitrogens is 2. The maximum absolute atomic E-state index is 14.2. The second kappa shape index (κ2) is 14.8. The van der Waals surface area contributed by atoms with Crippen LogP contribution in [0.15, 0.2) is 78.9 Å². The van der Waals surface area contributed by atoms with E-state index in [0.29, 0.717) is 33.9 Å². The molecule has 0 unspecified atom stereocenters. The third-order valence-electron chi connectivity index (χ3n) is 7.70. The van der Waals surface area contributed by atoms with Crippen molar-refractivity contribution in [2.24, 2.45) is 0 Å². The lowest BCUT2D eigenvalue weighted by molar-refractivity contribution is -0.638. The molecule has 0 spiro atoms. The molecule has 0 saturated carbocycles. The van der Waals surface area contributed by atoms with Crippen LogP contribution in [0.4, 0.5) is 18.9 Å². The number of rotatable bonds is 8. The molecule has 4 aromatic rings. The van der Waals surface area contributed by atoms with Gasteiger partial charge in [-0.25, -0.2) is 13.2 Å². The Morgan fingerprint density at radius 3 is 1.86 bits per heavy atom. The zero-order valence-electron chi connectivity index (χ0n) is 23.7. The van der Waals surface area contributed by atoms with Crippen LogP contribution in [0, 0.1) is 17.5 Å². The number of halogens is 5. The molecule has 2 atom stereocenters. The van der Waals surface area contributed by atoms with Gasteiger partial charge in [0.15, 0.2) is 23.8 Å². The summed E-state index contributed by atoms with van der Waals surface area (Å²) in [6.07, 6.45) is 1.86. The molecule has 2 fully saturated rings. The summed E-state index contributed by atoms with van der Waals surface area (Å²) >= 11 is 0. The summed E-state index contributed by atoms with van der Waals surface area (Å²) in [7, 11) is 0. The Kier molecular flexibility index (Phi) is 11.2. The van der Waals surface area contributed by atoms with Crippen molar-refractivity contribution in [1.29, 1.82) is 0 Å². The molecule has 5 N–H and O–H groups in total. The van der Waals surface area contributed by atoms with E-state index in [0.717, 1.165) is 62.3 Å². The van der Waals surface area contributed by atoms with Gasteiger partial charge in [0.25, 0.3) is 5.91 Å². The third-order valence-corrected chi connectivity index (χ3v) is 7.70. The van der Waals surface area contributed by atoms with Gasteiger partial charge in [0.2, 0.25) is 0 Å². The lowest BCUT2D eigenvalue weighted by Crippen LogP contribution is -3.00. The van der Waals surface area contributed by atoms with Crippen LogP contribution in [-0.4, -0.2) is 44.3 Å². The first-order valence-electron chi connectivity index (χ1n) is 14.2. The Bertz CT molecular complexity index is 1600. The average Bonchev–Trinajstić information content (AvgIpc) is 3.71. The predicted octanol–water partition coefficient (Wildman–Crippen LogP) is -1.87. The van der Waals surface area contributed by atoms with Gasteiger partial charge < -0.3 is 50.2 Å². The third kappa shape index (κ3) is 7.65. The molecule has 6 rings (SSSR count). The van der Waals surface area contributed by atoms with Crippen LogP contribution in [0.3, 0.4) is 0 Å². The van der Waals surface area contributed by atoms with Gasteiger partial charge in [-0.15, -0.1) is 0 Å². The molecule has 2 aliphatic rings. The molecule has 44 heavy (non-hydrogen) atoms. The number of ether oxygens (including phenoxy) is 2. The number of anilines is 1. The topological polar surface area (TPSA) is 80.8 Å². The zero-order chi connectivity index (χ0) is 29.1. The number of benzene rings is 4. The van der Waals surface area contributed by atoms with Crippen LogP contribution in [0.1, 0.15) is 23.2 Å². The van der Waals surface area contributed by atoms with Gasteiger partial charge in [-0.1, -0.05) is 18.2 Å². The van der Waals surface area contributed by atoms with Gasteiger partial charge >= 0.3 is 0 Å². The fourth-order valence-electron chi connectivity index (χ4n) is 5.46. The highest BCUT2D eigenvalue weighted by Gasteiger charge is 2.24. The number of carbonyl (C=O) groups is 1. The van der Waals surface area contributed by atoms with E-state index in [9.17, 15) is 18.0 Å². The maximum Gasteiger partial charge on any atom is 0.255 e. The van der Waals surface area contributed by atoms with Gasteiger partial charge in [-0.3, -0.25) is 4.79 Å². The van der Waals surface area contributed by atoms with Gasteiger partial charge in [0.1, 0.15) is 30.4 Å². The normalized spacial score (nSPS) is 17.3. The molecule has 0 aromatic heterocycles. The number of nitrogens with one attached hydrogen (secondary N) is 1. The summed E-state index contributed by atoms with van der Waals surface area (Å²) in [5.41, 5.74) is 3.25. The summed E-state index contributed by atoms with van der Waals surface area (Å²) in [6, 6.07) is 20.2. The van der Waals surface area contributed by atoms with Gasteiger partial charge in [0, 0.05) is 35.2 Å². The minimum atomic E-state index is -0.978. The first-order chi connectivity index (χ1) is 20.4. The Morgan fingerprint density at radius 1 is 0.682 bits per heavy atom. The molecule has 2 heterocycles. The molecule has 0 radical (unpaired) electrons. The largest absolute Gasteiger partial charge is 1.00 e. The number of hydrogen-bond acceptors (Lipinski definition) is 3. The van der Waals surface area contributed by atoms with Crippen molar-refractivity contribution in [3.8, 4) is 33.8 Å². The van der Waals surface area contributed by atoms with E-state index in [1.165, 1.54) is 18.2 Å². The van der Waals surface area contributed by atoms with Crippen LogP contribution in [0.2, 0.25) is 0 Å². The first kappa shape index (κ1) is 33.1. The Balaban J connectivity index is 0.00000221. The lowest BCUT2D eigenvalue weighted by Gasteiger charge is -2.18. The minimum Gasteiger partial charge on any atom is -1.00 e.